The summed E-state index contributed by atoms with van der Waals surface area (Å²) in [6, 6.07) is 18.0. The maximum atomic E-state index is 12.3. The van der Waals surface area contributed by atoms with Crippen LogP contribution in [0.3, 0.4) is 0 Å². The number of nitrogens with zero attached hydrogens (tertiary/aromatic N) is 4. The van der Waals surface area contributed by atoms with Crippen molar-refractivity contribution in [2.75, 3.05) is 27.7 Å². The maximum absolute atomic E-state index is 12.3. The fourth-order valence-corrected chi connectivity index (χ4v) is 3.08. The second kappa shape index (κ2) is 10.4. The summed E-state index contributed by atoms with van der Waals surface area (Å²) in [5.41, 5.74) is 2.89. The molecule has 3 aromatic rings. The number of rotatable bonds is 9. The monoisotopic (exact) mass is 405 g/mol. The Morgan fingerprint density at radius 3 is 2.57 bits per heavy atom. The van der Waals surface area contributed by atoms with Crippen LogP contribution in [0.25, 0.3) is 6.08 Å². The van der Waals surface area contributed by atoms with E-state index in [1.54, 1.807) is 17.9 Å². The summed E-state index contributed by atoms with van der Waals surface area (Å²) in [6.45, 7) is 1.13. The number of hydrogen-bond acceptors (Lipinski definition) is 5. The molecule has 0 aliphatic carbocycles. The average Bonchev–Trinajstić information content (AvgIpc) is 3.20. The molecule has 1 unspecified atom stereocenters. The Hall–Kier alpha value is -3.45. The molecule has 1 atom stereocenters. The molecule has 0 spiro atoms. The first kappa shape index (κ1) is 21.3. The molecule has 1 heterocycles. The number of aromatic nitrogens is 3. The van der Waals surface area contributed by atoms with E-state index in [4.69, 9.17) is 4.74 Å². The van der Waals surface area contributed by atoms with Gasteiger partial charge in [0.1, 0.15) is 11.4 Å². The van der Waals surface area contributed by atoms with Crippen LogP contribution < -0.4 is 10.1 Å². The molecular weight excluding hydrogens is 378 g/mol. The minimum atomic E-state index is -0.173. The third-order valence-electron chi connectivity index (χ3n) is 4.74. The van der Waals surface area contributed by atoms with Crippen LogP contribution in [0.2, 0.25) is 0 Å². The number of benzene rings is 2. The van der Waals surface area contributed by atoms with E-state index in [9.17, 15) is 4.79 Å². The van der Waals surface area contributed by atoms with E-state index in [2.05, 4.69) is 20.5 Å². The summed E-state index contributed by atoms with van der Waals surface area (Å²) in [5.74, 6) is 0.636. The van der Waals surface area contributed by atoms with Gasteiger partial charge in [0.25, 0.3) is 0 Å². The highest BCUT2D eigenvalue weighted by molar-refractivity contribution is 5.91. The molecule has 3 rings (SSSR count). The summed E-state index contributed by atoms with van der Waals surface area (Å²) in [5, 5.41) is 11.2. The molecule has 0 aliphatic heterocycles. The number of nitrogens with one attached hydrogen (secondary N) is 1. The zero-order valence-corrected chi connectivity index (χ0v) is 17.5. The fourth-order valence-electron chi connectivity index (χ4n) is 3.08. The Kier molecular flexibility index (Phi) is 7.34. The predicted octanol–water partition coefficient (Wildman–Crippen LogP) is 2.77. The van der Waals surface area contributed by atoms with Gasteiger partial charge in [0, 0.05) is 12.6 Å². The van der Waals surface area contributed by atoms with Crippen LogP contribution in [0.15, 0.2) is 66.9 Å². The van der Waals surface area contributed by atoms with Gasteiger partial charge in [-0.05, 0) is 43.4 Å². The van der Waals surface area contributed by atoms with Crippen LogP contribution in [0.4, 0.5) is 0 Å². The number of carbonyl (C=O) groups excluding carboxylic acids is 1. The summed E-state index contributed by atoms with van der Waals surface area (Å²) in [6.07, 6.45) is 4.97. The number of carbonyl (C=O) groups is 1. The number of hydrogen-bond donors (Lipinski definition) is 1. The lowest BCUT2D eigenvalue weighted by molar-refractivity contribution is -0.116. The SMILES string of the molecule is COc1ccc(C(CNC(=O)/C=C/c2cn(Cc3ccccc3)nn2)N(C)C)cc1. The van der Waals surface area contributed by atoms with Gasteiger partial charge in [-0.3, -0.25) is 4.79 Å². The summed E-state index contributed by atoms with van der Waals surface area (Å²) < 4.78 is 6.96. The van der Waals surface area contributed by atoms with Crippen molar-refractivity contribution in [2.24, 2.45) is 0 Å². The smallest absolute Gasteiger partial charge is 0.244 e. The molecule has 30 heavy (non-hydrogen) atoms. The molecule has 0 fully saturated rings. The highest BCUT2D eigenvalue weighted by atomic mass is 16.5. The minimum absolute atomic E-state index is 0.0556. The largest absolute Gasteiger partial charge is 0.497 e. The molecule has 0 saturated carbocycles. The average molecular weight is 406 g/mol. The van der Waals surface area contributed by atoms with E-state index in [0.717, 1.165) is 16.9 Å². The van der Waals surface area contributed by atoms with Gasteiger partial charge in [0.15, 0.2) is 0 Å². The standard InChI is InChI=1S/C23H27N5O2/c1-27(2)22(19-9-12-21(30-3)13-10-19)15-24-23(29)14-11-20-17-28(26-25-20)16-18-7-5-4-6-8-18/h4-14,17,22H,15-16H2,1-3H3,(H,24,29)/b14-11+. The van der Waals surface area contributed by atoms with Crippen molar-refractivity contribution in [3.05, 3.63) is 83.7 Å². The highest BCUT2D eigenvalue weighted by Gasteiger charge is 2.14. The molecule has 1 aromatic heterocycles. The molecule has 0 bridgehead atoms. The predicted molar refractivity (Wildman–Crippen MR) is 117 cm³/mol. The van der Waals surface area contributed by atoms with Gasteiger partial charge in [-0.25, -0.2) is 4.68 Å². The Morgan fingerprint density at radius 2 is 1.90 bits per heavy atom. The van der Waals surface area contributed by atoms with Crippen molar-refractivity contribution in [3.63, 3.8) is 0 Å². The van der Waals surface area contributed by atoms with Crippen LogP contribution in [0.1, 0.15) is 22.9 Å². The van der Waals surface area contributed by atoms with Gasteiger partial charge in [-0.2, -0.15) is 0 Å². The number of amides is 1. The van der Waals surface area contributed by atoms with E-state index >= 15 is 0 Å². The molecule has 0 radical (unpaired) electrons. The topological polar surface area (TPSA) is 72.3 Å². The van der Waals surface area contributed by atoms with Crippen LogP contribution in [-0.2, 0) is 11.3 Å². The van der Waals surface area contributed by atoms with Crippen LogP contribution in [-0.4, -0.2) is 53.6 Å². The van der Waals surface area contributed by atoms with Crippen molar-refractivity contribution in [2.45, 2.75) is 12.6 Å². The Bertz CT molecular complexity index is 965. The van der Waals surface area contributed by atoms with Gasteiger partial charge in [-0.1, -0.05) is 47.7 Å². The Labute approximate surface area is 177 Å². The quantitative estimate of drug-likeness (QED) is 0.554. The van der Waals surface area contributed by atoms with Crippen LogP contribution in [0, 0.1) is 0 Å². The lowest BCUT2D eigenvalue weighted by Gasteiger charge is -2.25. The molecule has 1 N–H and O–H groups in total. The van der Waals surface area contributed by atoms with Gasteiger partial charge in [-0.15, -0.1) is 5.10 Å². The van der Waals surface area contributed by atoms with Crippen molar-refractivity contribution >= 4 is 12.0 Å². The van der Waals surface area contributed by atoms with Crippen LogP contribution in [0.5, 0.6) is 5.75 Å². The van der Waals surface area contributed by atoms with Gasteiger partial charge >= 0.3 is 0 Å². The third-order valence-corrected chi connectivity index (χ3v) is 4.74. The van der Waals surface area contributed by atoms with E-state index < -0.39 is 0 Å². The minimum Gasteiger partial charge on any atom is -0.497 e. The molecular formula is C23H27N5O2. The molecule has 2 aromatic carbocycles. The first-order chi connectivity index (χ1) is 14.5. The van der Waals surface area contributed by atoms with E-state index in [-0.39, 0.29) is 11.9 Å². The molecule has 156 valence electrons. The van der Waals surface area contributed by atoms with Gasteiger partial charge < -0.3 is 15.0 Å². The molecule has 0 aliphatic rings. The normalized spacial score (nSPS) is 12.3. The van der Waals surface area contributed by atoms with Crippen molar-refractivity contribution in [1.29, 1.82) is 0 Å². The van der Waals surface area contributed by atoms with Crippen molar-refractivity contribution in [1.82, 2.24) is 25.2 Å². The number of methoxy groups -OCH3 is 1. The molecule has 1 amide bonds. The third kappa shape index (κ3) is 6.02. The molecule has 7 nitrogen and oxygen atoms in total. The molecule has 7 heteroatoms. The summed E-state index contributed by atoms with van der Waals surface area (Å²) >= 11 is 0. The lowest BCUT2D eigenvalue weighted by atomic mass is 10.1. The number of likely N-dealkylation sites (N-methyl/N-ethyl adjacent to an activating group) is 1. The zero-order chi connectivity index (χ0) is 21.3. The lowest BCUT2D eigenvalue weighted by Crippen LogP contribution is -2.33. The van der Waals surface area contributed by atoms with Crippen molar-refractivity contribution < 1.29 is 9.53 Å². The Morgan fingerprint density at radius 1 is 1.17 bits per heavy atom. The van der Waals surface area contributed by atoms with Gasteiger partial charge in [0.05, 0.1) is 25.9 Å². The maximum Gasteiger partial charge on any atom is 0.244 e. The van der Waals surface area contributed by atoms with E-state index in [1.807, 2.05) is 74.9 Å². The van der Waals surface area contributed by atoms with Gasteiger partial charge in [0.2, 0.25) is 5.91 Å². The van der Waals surface area contributed by atoms with Crippen LogP contribution >= 0.6 is 0 Å². The summed E-state index contributed by atoms with van der Waals surface area (Å²) in [4.78, 5) is 14.4. The second-order valence-electron chi connectivity index (χ2n) is 7.16. The zero-order valence-electron chi connectivity index (χ0n) is 17.5. The fraction of sp³-hybridized carbons (Fsp3) is 0.261. The van der Waals surface area contributed by atoms with E-state index in [0.29, 0.717) is 18.8 Å². The Balaban J connectivity index is 1.54. The highest BCUT2D eigenvalue weighted by Crippen LogP contribution is 2.20. The number of ether oxygens (including phenoxy) is 1. The van der Waals surface area contributed by atoms with Crippen molar-refractivity contribution in [3.8, 4) is 5.75 Å². The summed E-state index contributed by atoms with van der Waals surface area (Å²) in [7, 11) is 5.62. The first-order valence-electron chi connectivity index (χ1n) is 9.75. The first-order valence-corrected chi connectivity index (χ1v) is 9.75. The second-order valence-corrected chi connectivity index (χ2v) is 7.16. The van der Waals surface area contributed by atoms with E-state index in [1.165, 1.54) is 6.08 Å². The molecule has 0 saturated heterocycles.